The van der Waals surface area contributed by atoms with Gasteiger partial charge in [0.25, 0.3) is 0 Å². The smallest absolute Gasteiger partial charge is 0.126 e. The van der Waals surface area contributed by atoms with Crippen molar-refractivity contribution >= 4 is 23.2 Å². The van der Waals surface area contributed by atoms with Crippen molar-refractivity contribution < 1.29 is 4.74 Å². The minimum Gasteiger partial charge on any atom is -0.493 e. The third-order valence-corrected chi connectivity index (χ3v) is 11.0. The summed E-state index contributed by atoms with van der Waals surface area (Å²) in [4.78, 5) is 0. The maximum atomic E-state index is 6.43. The van der Waals surface area contributed by atoms with E-state index in [1.807, 2.05) is 0 Å². The lowest BCUT2D eigenvalue weighted by molar-refractivity contribution is 0.309. The Balaban J connectivity index is 1.50. The average Bonchev–Trinajstić information content (AvgIpc) is 2.97. The van der Waals surface area contributed by atoms with Gasteiger partial charge in [-0.1, -0.05) is 103 Å². The van der Waals surface area contributed by atoms with Gasteiger partial charge in [-0.05, 0) is 60.9 Å². The number of rotatable bonds is 10. The van der Waals surface area contributed by atoms with E-state index < -0.39 is 7.26 Å². The van der Waals surface area contributed by atoms with E-state index in [4.69, 9.17) is 4.74 Å². The van der Waals surface area contributed by atoms with E-state index in [9.17, 15) is 0 Å². The Labute approximate surface area is 215 Å². The molecule has 0 aliphatic heterocycles. The Kier molecular flexibility index (Phi) is 7.91. The van der Waals surface area contributed by atoms with Crippen LogP contribution in [0, 0.1) is 0 Å². The van der Waals surface area contributed by atoms with Gasteiger partial charge >= 0.3 is 0 Å². The highest BCUT2D eigenvalue weighted by Crippen LogP contribution is 2.58. The van der Waals surface area contributed by atoms with Crippen LogP contribution in [0.2, 0.25) is 0 Å². The van der Waals surface area contributed by atoms with Gasteiger partial charge in [0.1, 0.15) is 35.1 Å². The van der Waals surface area contributed by atoms with Crippen LogP contribution in [0.4, 0.5) is 0 Å². The predicted octanol–water partition coefficient (Wildman–Crippen LogP) is 7.19. The Morgan fingerprint density at radius 3 is 1.44 bits per heavy atom. The van der Waals surface area contributed by atoms with E-state index in [-0.39, 0.29) is 0 Å². The fourth-order valence-corrected chi connectivity index (χ4v) is 9.16. The molecule has 0 unspecified atom stereocenters. The van der Waals surface area contributed by atoms with Crippen LogP contribution in [0.5, 0.6) is 5.75 Å². The topological polar surface area (TPSA) is 9.23 Å². The quantitative estimate of drug-likeness (QED) is 0.150. The second kappa shape index (κ2) is 11.8. The normalized spacial score (nSPS) is 11.2. The fraction of sp³-hybridized carbons (Fsp3) is 0.118. The Bertz CT molecular complexity index is 1240. The number of ether oxygens (including phenoxy) is 1. The van der Waals surface area contributed by atoms with Gasteiger partial charge in [0.05, 0.1) is 6.61 Å². The molecular weight excluding hydrogens is 455 g/mol. The molecule has 5 rings (SSSR count). The number of aryl methyl sites for hydroxylation is 1. The van der Waals surface area contributed by atoms with Crippen molar-refractivity contribution in [2.24, 2.45) is 0 Å². The minimum absolute atomic E-state index is 0.708. The van der Waals surface area contributed by atoms with Gasteiger partial charge in [0, 0.05) is 5.56 Å². The second-order valence-corrected chi connectivity index (χ2v) is 12.5. The lowest BCUT2D eigenvalue weighted by atomic mass is 10.1. The van der Waals surface area contributed by atoms with Crippen LogP contribution in [0.1, 0.15) is 17.5 Å². The maximum Gasteiger partial charge on any atom is 0.126 e. The van der Waals surface area contributed by atoms with E-state index in [2.05, 4.69) is 146 Å². The van der Waals surface area contributed by atoms with Crippen molar-refractivity contribution in [3.05, 3.63) is 157 Å². The van der Waals surface area contributed by atoms with Crippen LogP contribution in [-0.2, 0) is 12.6 Å². The fourth-order valence-electron chi connectivity index (χ4n) is 4.90. The zero-order chi connectivity index (χ0) is 24.5. The van der Waals surface area contributed by atoms with Gasteiger partial charge < -0.3 is 4.74 Å². The molecule has 5 aromatic rings. The molecule has 0 fully saturated rings. The van der Waals surface area contributed by atoms with Crippen LogP contribution < -0.4 is 20.7 Å². The highest BCUT2D eigenvalue weighted by atomic mass is 31.2. The second-order valence-electron chi connectivity index (χ2n) is 9.02. The van der Waals surface area contributed by atoms with Crippen molar-refractivity contribution in [3.63, 3.8) is 0 Å². The molecule has 0 spiro atoms. The summed E-state index contributed by atoms with van der Waals surface area (Å²) in [6, 6.07) is 52.4. The summed E-state index contributed by atoms with van der Waals surface area (Å²) < 4.78 is 6.43. The van der Waals surface area contributed by atoms with Crippen molar-refractivity contribution in [1.82, 2.24) is 0 Å². The van der Waals surface area contributed by atoms with Gasteiger partial charge in [-0.15, -0.1) is 0 Å². The van der Waals surface area contributed by atoms with Crippen LogP contribution in [0.15, 0.2) is 146 Å². The molecule has 0 amide bonds. The number of para-hydroxylation sites is 1. The summed E-state index contributed by atoms with van der Waals surface area (Å²) in [6.07, 6.45) is 2.94. The SMILES string of the molecule is c1ccc(CCCOc2ccccc2C[P+](c2ccccc2)(c2ccccc2)c2ccccc2)cc1. The molecule has 0 aliphatic rings. The van der Waals surface area contributed by atoms with Crippen LogP contribution in [-0.4, -0.2) is 6.61 Å². The van der Waals surface area contributed by atoms with E-state index in [1.54, 1.807) is 0 Å². The first kappa shape index (κ1) is 24.0. The first-order valence-electron chi connectivity index (χ1n) is 12.7. The van der Waals surface area contributed by atoms with E-state index >= 15 is 0 Å². The zero-order valence-corrected chi connectivity index (χ0v) is 21.4. The van der Waals surface area contributed by atoms with E-state index in [1.165, 1.54) is 27.0 Å². The van der Waals surface area contributed by atoms with Crippen molar-refractivity contribution in [3.8, 4) is 5.75 Å². The lowest BCUT2D eigenvalue weighted by Crippen LogP contribution is -2.32. The third-order valence-electron chi connectivity index (χ3n) is 6.68. The van der Waals surface area contributed by atoms with Gasteiger partial charge in [-0.2, -0.15) is 0 Å². The van der Waals surface area contributed by atoms with E-state index in [0.29, 0.717) is 6.61 Å². The summed E-state index contributed by atoms with van der Waals surface area (Å²) in [6.45, 7) is 0.708. The van der Waals surface area contributed by atoms with Crippen LogP contribution in [0.3, 0.4) is 0 Å². The molecule has 0 atom stereocenters. The molecule has 1 nitrogen and oxygen atoms in total. The molecule has 0 saturated heterocycles. The largest absolute Gasteiger partial charge is 0.493 e. The Morgan fingerprint density at radius 2 is 0.917 bits per heavy atom. The summed E-state index contributed by atoms with van der Waals surface area (Å²) in [5.74, 6) is 0.998. The van der Waals surface area contributed by atoms with Crippen molar-refractivity contribution in [2.75, 3.05) is 6.61 Å². The van der Waals surface area contributed by atoms with Gasteiger partial charge in [-0.3, -0.25) is 0 Å². The lowest BCUT2D eigenvalue weighted by Gasteiger charge is -2.28. The highest BCUT2D eigenvalue weighted by Gasteiger charge is 2.45. The average molecular weight is 488 g/mol. The molecule has 5 aromatic carbocycles. The first-order valence-corrected chi connectivity index (χ1v) is 14.6. The van der Waals surface area contributed by atoms with Gasteiger partial charge in [0.2, 0.25) is 0 Å². The molecule has 0 heterocycles. The third kappa shape index (κ3) is 5.43. The Morgan fingerprint density at radius 1 is 0.472 bits per heavy atom. The minimum atomic E-state index is -1.97. The number of hydrogen-bond acceptors (Lipinski definition) is 1. The molecule has 0 radical (unpaired) electrons. The monoisotopic (exact) mass is 487 g/mol. The first-order chi connectivity index (χ1) is 17.9. The number of hydrogen-bond donors (Lipinski definition) is 0. The summed E-state index contributed by atoms with van der Waals surface area (Å²) in [5.41, 5.74) is 2.62. The zero-order valence-electron chi connectivity index (χ0n) is 20.5. The van der Waals surface area contributed by atoms with Crippen LogP contribution in [0.25, 0.3) is 0 Å². The molecular formula is C34H32OP+. The molecule has 2 heteroatoms. The Hall–Kier alpha value is -3.67. The molecule has 0 N–H and O–H groups in total. The van der Waals surface area contributed by atoms with E-state index in [0.717, 1.165) is 24.8 Å². The molecule has 36 heavy (non-hydrogen) atoms. The van der Waals surface area contributed by atoms with Crippen LogP contribution >= 0.6 is 7.26 Å². The molecule has 0 aliphatic carbocycles. The molecule has 0 aromatic heterocycles. The molecule has 0 saturated carbocycles. The van der Waals surface area contributed by atoms with Crippen molar-refractivity contribution in [1.29, 1.82) is 0 Å². The highest BCUT2D eigenvalue weighted by molar-refractivity contribution is 7.95. The van der Waals surface area contributed by atoms with Gasteiger partial charge in [0.15, 0.2) is 0 Å². The predicted molar refractivity (Wildman–Crippen MR) is 156 cm³/mol. The summed E-state index contributed by atoms with van der Waals surface area (Å²) in [5, 5.41) is 4.17. The maximum absolute atomic E-state index is 6.43. The van der Waals surface area contributed by atoms with Gasteiger partial charge in [-0.25, -0.2) is 0 Å². The van der Waals surface area contributed by atoms with Crippen molar-refractivity contribution in [2.45, 2.75) is 19.0 Å². The molecule has 0 bridgehead atoms. The summed E-state index contributed by atoms with van der Waals surface area (Å²) >= 11 is 0. The summed E-state index contributed by atoms with van der Waals surface area (Å²) in [7, 11) is -1.97. The number of benzene rings is 5. The molecule has 178 valence electrons. The standard InChI is InChI=1S/C34H32OP/c1-5-16-29(17-6-1)18-15-27-35-34-26-14-13-19-30(34)28-36(31-20-7-2-8-21-31,32-22-9-3-10-23-32)33-24-11-4-12-25-33/h1-14,16-17,19-26H,15,18,27-28H2/q+1.